The number of allylic oxidation sites excluding steroid dienone is 1. The summed E-state index contributed by atoms with van der Waals surface area (Å²) in [5.74, 6) is 0. The summed E-state index contributed by atoms with van der Waals surface area (Å²) in [5.41, 5.74) is 14.0. The Morgan fingerprint density at radius 2 is 1.20 bits per heavy atom. The number of benzene rings is 6. The summed E-state index contributed by atoms with van der Waals surface area (Å²) in [7, 11) is 0. The van der Waals surface area contributed by atoms with Gasteiger partial charge in [0.2, 0.25) is 0 Å². The lowest BCUT2D eigenvalue weighted by Crippen LogP contribution is -2.02. The van der Waals surface area contributed by atoms with Crippen LogP contribution in [0.25, 0.3) is 72.4 Å². The molecule has 0 saturated heterocycles. The normalized spacial score (nSPS) is 12.5. The van der Waals surface area contributed by atoms with Gasteiger partial charge in [0.1, 0.15) is 0 Å². The van der Waals surface area contributed by atoms with Crippen molar-refractivity contribution in [3.63, 3.8) is 0 Å². The zero-order valence-corrected chi connectivity index (χ0v) is 25.2. The molecule has 3 nitrogen and oxygen atoms in total. The largest absolute Gasteiger partial charge is 0.313 e. The van der Waals surface area contributed by atoms with Gasteiger partial charge in [0, 0.05) is 38.8 Å². The first-order valence-electron chi connectivity index (χ1n) is 15.8. The fourth-order valence-electron chi connectivity index (χ4n) is 7.26. The van der Waals surface area contributed by atoms with Gasteiger partial charge in [-0.2, -0.15) is 5.26 Å². The third-order valence-corrected chi connectivity index (χ3v) is 9.41. The topological polar surface area (TPSA) is 33.6 Å². The van der Waals surface area contributed by atoms with E-state index in [2.05, 4.69) is 143 Å². The Labute approximate surface area is 267 Å². The smallest absolute Gasteiger partial charge is 0.0991 e. The molecule has 46 heavy (non-hydrogen) atoms. The van der Waals surface area contributed by atoms with Crippen molar-refractivity contribution in [2.45, 2.75) is 12.8 Å². The van der Waals surface area contributed by atoms with E-state index in [4.69, 9.17) is 0 Å². The van der Waals surface area contributed by atoms with Gasteiger partial charge in [-0.05, 0) is 95.8 Å². The zero-order chi connectivity index (χ0) is 30.6. The summed E-state index contributed by atoms with van der Waals surface area (Å²) >= 11 is 0. The minimum Gasteiger partial charge on any atom is -0.313 e. The summed E-state index contributed by atoms with van der Waals surface area (Å²) in [4.78, 5) is 0. The van der Waals surface area contributed by atoms with Crippen LogP contribution in [0.4, 0.5) is 0 Å². The van der Waals surface area contributed by atoms with E-state index in [1.165, 1.54) is 60.8 Å². The standard InChI is InChI=1S/C43H29N3/c44-28-29-17-19-30(20-18-29)31-9-8-12-35(25-31)46-40-15-6-4-13-36(40)38-23-21-33(27-43(38)46)32-22-24-42-39(26-32)37-14-5-7-16-41(37)45(42)34-10-2-1-3-11-34/h1-6,8-15,17-27H,7,16H2. The van der Waals surface area contributed by atoms with Crippen molar-refractivity contribution in [2.24, 2.45) is 0 Å². The molecular weight excluding hydrogens is 558 g/mol. The second-order valence-electron chi connectivity index (χ2n) is 12.0. The molecule has 8 aromatic rings. The lowest BCUT2D eigenvalue weighted by molar-refractivity contribution is 0.888. The summed E-state index contributed by atoms with van der Waals surface area (Å²) in [6, 6.07) is 52.0. The number of aromatic nitrogens is 2. The number of rotatable bonds is 4. The van der Waals surface area contributed by atoms with E-state index in [1.807, 2.05) is 24.3 Å². The van der Waals surface area contributed by atoms with Crippen LogP contribution in [0.5, 0.6) is 0 Å². The second-order valence-corrected chi connectivity index (χ2v) is 12.0. The van der Waals surface area contributed by atoms with Crippen LogP contribution in [0, 0.1) is 11.3 Å². The Balaban J connectivity index is 1.22. The van der Waals surface area contributed by atoms with Crippen LogP contribution in [0.15, 0.2) is 146 Å². The molecule has 0 atom stereocenters. The van der Waals surface area contributed by atoms with E-state index >= 15 is 0 Å². The Morgan fingerprint density at radius 3 is 2.07 bits per heavy atom. The van der Waals surface area contributed by atoms with E-state index in [1.54, 1.807) is 0 Å². The van der Waals surface area contributed by atoms with Gasteiger partial charge in [-0.15, -0.1) is 0 Å². The lowest BCUT2D eigenvalue weighted by atomic mass is 9.98. The Kier molecular flexibility index (Phi) is 6.01. The van der Waals surface area contributed by atoms with Crippen LogP contribution in [0.1, 0.15) is 23.2 Å². The average Bonchev–Trinajstić information content (AvgIpc) is 3.64. The van der Waals surface area contributed by atoms with Crippen molar-refractivity contribution in [2.75, 3.05) is 0 Å². The van der Waals surface area contributed by atoms with Gasteiger partial charge in [-0.1, -0.05) is 91.0 Å². The van der Waals surface area contributed by atoms with E-state index in [-0.39, 0.29) is 0 Å². The van der Waals surface area contributed by atoms with Crippen LogP contribution >= 0.6 is 0 Å². The maximum atomic E-state index is 9.27. The summed E-state index contributed by atoms with van der Waals surface area (Å²) in [6.45, 7) is 0. The SMILES string of the molecule is N#Cc1ccc(-c2cccc(-n3c4ccccc4c4ccc(-c5ccc6c(c5)c5c(n6-c6ccccc6)CCC=C5)cc43)c2)cc1. The molecular formula is C43H29N3. The number of nitrogens with zero attached hydrogens (tertiary/aromatic N) is 3. The van der Waals surface area contributed by atoms with E-state index in [9.17, 15) is 5.26 Å². The molecule has 0 amide bonds. The Morgan fingerprint density at radius 1 is 0.500 bits per heavy atom. The molecule has 6 aromatic carbocycles. The highest BCUT2D eigenvalue weighted by molar-refractivity contribution is 6.10. The van der Waals surface area contributed by atoms with Gasteiger partial charge < -0.3 is 9.13 Å². The molecule has 0 N–H and O–H groups in total. The molecule has 9 rings (SSSR count). The van der Waals surface area contributed by atoms with E-state index < -0.39 is 0 Å². The number of hydrogen-bond donors (Lipinski definition) is 0. The minimum absolute atomic E-state index is 0.668. The van der Waals surface area contributed by atoms with E-state index in [0.29, 0.717) is 5.56 Å². The van der Waals surface area contributed by atoms with Crippen LogP contribution in [-0.2, 0) is 6.42 Å². The number of para-hydroxylation sites is 2. The maximum Gasteiger partial charge on any atom is 0.0991 e. The van der Waals surface area contributed by atoms with Crippen LogP contribution in [-0.4, -0.2) is 9.13 Å². The lowest BCUT2D eigenvalue weighted by Gasteiger charge is -2.13. The van der Waals surface area contributed by atoms with Crippen LogP contribution < -0.4 is 0 Å². The quantitative estimate of drug-likeness (QED) is 0.202. The molecule has 0 fully saturated rings. The fraction of sp³-hybridized carbons (Fsp3) is 0.0465. The molecule has 2 aromatic heterocycles. The molecule has 0 aliphatic heterocycles. The molecule has 1 aliphatic carbocycles. The second kappa shape index (κ2) is 10.5. The molecule has 2 heterocycles. The molecule has 0 saturated carbocycles. The zero-order valence-electron chi connectivity index (χ0n) is 25.2. The monoisotopic (exact) mass is 587 g/mol. The fourth-order valence-corrected chi connectivity index (χ4v) is 7.26. The number of fused-ring (bicyclic) bond motifs is 6. The van der Waals surface area contributed by atoms with Gasteiger partial charge in [-0.25, -0.2) is 0 Å². The maximum absolute atomic E-state index is 9.27. The van der Waals surface area contributed by atoms with Crippen LogP contribution in [0.2, 0.25) is 0 Å². The van der Waals surface area contributed by atoms with Gasteiger partial charge in [0.25, 0.3) is 0 Å². The molecule has 1 aliphatic rings. The van der Waals surface area contributed by atoms with Crippen LogP contribution in [0.3, 0.4) is 0 Å². The van der Waals surface area contributed by atoms with Gasteiger partial charge in [0.05, 0.1) is 28.2 Å². The van der Waals surface area contributed by atoms with Gasteiger partial charge in [0.15, 0.2) is 0 Å². The molecule has 3 heteroatoms. The van der Waals surface area contributed by atoms with Gasteiger partial charge in [-0.3, -0.25) is 0 Å². The van der Waals surface area contributed by atoms with Gasteiger partial charge >= 0.3 is 0 Å². The minimum atomic E-state index is 0.668. The first-order valence-corrected chi connectivity index (χ1v) is 15.8. The first-order chi connectivity index (χ1) is 22.8. The molecule has 0 unspecified atom stereocenters. The van der Waals surface area contributed by atoms with Crippen molar-refractivity contribution < 1.29 is 0 Å². The third-order valence-electron chi connectivity index (χ3n) is 9.41. The Bertz CT molecular complexity index is 2520. The first kappa shape index (κ1) is 26.3. The summed E-state index contributed by atoms with van der Waals surface area (Å²) in [5, 5.41) is 13.0. The van der Waals surface area contributed by atoms with Crippen molar-refractivity contribution in [3.8, 4) is 39.7 Å². The molecule has 0 bridgehead atoms. The summed E-state index contributed by atoms with van der Waals surface area (Å²) in [6.07, 6.45) is 6.72. The van der Waals surface area contributed by atoms with E-state index in [0.717, 1.165) is 29.7 Å². The molecule has 0 spiro atoms. The number of nitriles is 1. The van der Waals surface area contributed by atoms with Crippen molar-refractivity contribution in [3.05, 3.63) is 162 Å². The average molecular weight is 588 g/mol. The Hall–Kier alpha value is -6.11. The van der Waals surface area contributed by atoms with Crippen molar-refractivity contribution >= 4 is 38.8 Å². The molecule has 216 valence electrons. The predicted octanol–water partition coefficient (Wildman–Crippen LogP) is 10.9. The predicted molar refractivity (Wildman–Crippen MR) is 191 cm³/mol. The highest BCUT2D eigenvalue weighted by Gasteiger charge is 2.20. The molecule has 0 radical (unpaired) electrons. The number of hydrogen-bond acceptors (Lipinski definition) is 1. The van der Waals surface area contributed by atoms with Crippen molar-refractivity contribution in [1.82, 2.24) is 9.13 Å². The van der Waals surface area contributed by atoms with Crippen molar-refractivity contribution in [1.29, 1.82) is 5.26 Å². The highest BCUT2D eigenvalue weighted by Crippen LogP contribution is 2.39. The highest BCUT2D eigenvalue weighted by atomic mass is 15.0. The third kappa shape index (κ3) is 4.12. The summed E-state index contributed by atoms with van der Waals surface area (Å²) < 4.78 is 4.83.